The summed E-state index contributed by atoms with van der Waals surface area (Å²) in [6, 6.07) is 4.64. The molecule has 2 aromatic rings. The monoisotopic (exact) mass is 491 g/mol. The molecule has 0 heterocycles. The predicted octanol–water partition coefficient (Wildman–Crippen LogP) is 4.03. The van der Waals surface area contributed by atoms with Crippen molar-refractivity contribution in [2.45, 2.75) is 24.3 Å². The zero-order chi connectivity index (χ0) is 25.0. The molecular formula is C19H16F3NO9S. The van der Waals surface area contributed by atoms with Crippen molar-refractivity contribution in [1.29, 1.82) is 0 Å². The van der Waals surface area contributed by atoms with Gasteiger partial charge in [0.25, 0.3) is 9.84 Å². The zero-order valence-electron chi connectivity index (χ0n) is 17.0. The smallest absolute Gasteiger partial charge is 0.462 e. The Balaban J connectivity index is 2.62. The molecule has 0 bridgehead atoms. The Morgan fingerprint density at radius 2 is 1.58 bits per heavy atom. The van der Waals surface area contributed by atoms with E-state index in [9.17, 15) is 41.3 Å². The second-order valence-corrected chi connectivity index (χ2v) is 8.03. The van der Waals surface area contributed by atoms with Gasteiger partial charge in [0.2, 0.25) is 5.75 Å². The van der Waals surface area contributed by atoms with Crippen molar-refractivity contribution >= 4 is 27.5 Å². The first-order chi connectivity index (χ1) is 15.3. The molecule has 0 aliphatic carbocycles. The second kappa shape index (κ2) is 9.85. The number of halogens is 3. The number of esters is 2. The summed E-state index contributed by atoms with van der Waals surface area (Å²) in [7, 11) is -5.87. The van der Waals surface area contributed by atoms with Crippen LogP contribution in [-0.4, -0.2) is 44.0 Å². The van der Waals surface area contributed by atoms with Crippen molar-refractivity contribution in [2.24, 2.45) is 0 Å². The third kappa shape index (κ3) is 5.58. The van der Waals surface area contributed by atoms with E-state index >= 15 is 0 Å². The molecule has 0 radical (unpaired) electrons. The highest BCUT2D eigenvalue weighted by Gasteiger charge is 2.47. The van der Waals surface area contributed by atoms with Crippen LogP contribution in [0.1, 0.15) is 34.6 Å². The Hall–Kier alpha value is -3.68. The number of hydrogen-bond acceptors (Lipinski definition) is 9. The van der Waals surface area contributed by atoms with Crippen LogP contribution in [0, 0.1) is 10.1 Å². The summed E-state index contributed by atoms with van der Waals surface area (Å²) in [6.07, 6.45) is 0. The van der Waals surface area contributed by atoms with E-state index in [0.717, 1.165) is 12.1 Å². The van der Waals surface area contributed by atoms with Gasteiger partial charge in [-0.1, -0.05) is 0 Å². The lowest BCUT2D eigenvalue weighted by Crippen LogP contribution is -2.23. The van der Waals surface area contributed by atoms with Crippen molar-refractivity contribution in [3.8, 4) is 11.5 Å². The lowest BCUT2D eigenvalue weighted by molar-refractivity contribution is -0.385. The van der Waals surface area contributed by atoms with Gasteiger partial charge in [0, 0.05) is 6.07 Å². The second-order valence-electron chi connectivity index (χ2n) is 6.09. The number of nitro benzene ring substituents is 1. The lowest BCUT2D eigenvalue weighted by Gasteiger charge is -2.13. The first kappa shape index (κ1) is 25.6. The minimum Gasteiger partial charge on any atom is -0.462 e. The maximum Gasteiger partial charge on any atom is 0.501 e. The maximum atomic E-state index is 12.8. The Kier molecular flexibility index (Phi) is 7.64. The van der Waals surface area contributed by atoms with Gasteiger partial charge in [-0.3, -0.25) is 10.1 Å². The number of nitro groups is 1. The fourth-order valence-corrected chi connectivity index (χ4v) is 3.25. The average molecular weight is 491 g/mol. The summed E-state index contributed by atoms with van der Waals surface area (Å²) in [5.74, 6) is -2.82. The molecule has 178 valence electrons. The van der Waals surface area contributed by atoms with Crippen LogP contribution in [0.25, 0.3) is 0 Å². The van der Waals surface area contributed by atoms with Crippen LogP contribution < -0.4 is 4.74 Å². The quantitative estimate of drug-likeness (QED) is 0.304. The average Bonchev–Trinajstić information content (AvgIpc) is 2.73. The molecule has 0 amide bonds. The van der Waals surface area contributed by atoms with E-state index in [0.29, 0.717) is 12.1 Å². The number of hydrogen-bond donors (Lipinski definition) is 0. The molecule has 0 atom stereocenters. The number of ether oxygens (including phenoxy) is 3. The van der Waals surface area contributed by atoms with Gasteiger partial charge in [-0.25, -0.2) is 18.0 Å². The molecule has 2 aromatic carbocycles. The van der Waals surface area contributed by atoms with E-state index in [1.165, 1.54) is 13.0 Å². The molecule has 0 saturated heterocycles. The van der Waals surface area contributed by atoms with Gasteiger partial charge in [0.15, 0.2) is 0 Å². The SMILES string of the molecule is CCOC(=O)c1ccc(C(=O)OCC)c(Oc2ccc(S(=O)(=O)C(F)(F)F)cc2[N+](=O)[O-])c1. The number of carbonyl (C=O) groups is 2. The third-order valence-corrected chi connectivity index (χ3v) is 5.43. The standard InChI is InChI=1S/C19H16F3NO9S/c1-3-30-17(24)11-5-7-13(18(25)31-4-2)16(9-11)32-15-8-6-12(10-14(15)23(26)27)33(28,29)19(20,21)22/h5-10H,3-4H2,1-2H3. The van der Waals surface area contributed by atoms with Gasteiger partial charge >= 0.3 is 23.1 Å². The number of nitrogens with zero attached hydrogens (tertiary/aromatic N) is 1. The topological polar surface area (TPSA) is 139 Å². The van der Waals surface area contributed by atoms with Gasteiger partial charge in [-0.2, -0.15) is 13.2 Å². The normalized spacial score (nSPS) is 11.5. The summed E-state index contributed by atoms with van der Waals surface area (Å²) in [6.45, 7) is 3.04. The Morgan fingerprint density at radius 1 is 0.970 bits per heavy atom. The third-order valence-electron chi connectivity index (χ3n) is 3.95. The van der Waals surface area contributed by atoms with Crippen LogP contribution in [0.4, 0.5) is 18.9 Å². The van der Waals surface area contributed by atoms with Gasteiger partial charge in [0.05, 0.1) is 28.6 Å². The molecule has 10 nitrogen and oxygen atoms in total. The van der Waals surface area contributed by atoms with E-state index in [1.54, 1.807) is 6.92 Å². The molecule has 0 spiro atoms. The molecular weight excluding hydrogens is 475 g/mol. The zero-order valence-corrected chi connectivity index (χ0v) is 17.9. The van der Waals surface area contributed by atoms with Crippen LogP contribution in [0.2, 0.25) is 0 Å². The summed E-state index contributed by atoms with van der Waals surface area (Å²) < 4.78 is 76.7. The van der Waals surface area contributed by atoms with E-state index in [2.05, 4.69) is 0 Å². The molecule has 2 rings (SSSR count). The van der Waals surface area contributed by atoms with Gasteiger partial charge in [0.1, 0.15) is 11.3 Å². The first-order valence-corrected chi connectivity index (χ1v) is 10.6. The van der Waals surface area contributed by atoms with Crippen molar-refractivity contribution in [1.82, 2.24) is 0 Å². The highest BCUT2D eigenvalue weighted by Crippen LogP contribution is 2.38. The van der Waals surface area contributed by atoms with Crippen molar-refractivity contribution in [2.75, 3.05) is 13.2 Å². The lowest BCUT2D eigenvalue weighted by atomic mass is 10.1. The van der Waals surface area contributed by atoms with E-state index < -0.39 is 54.3 Å². The van der Waals surface area contributed by atoms with E-state index in [-0.39, 0.29) is 30.4 Å². The van der Waals surface area contributed by atoms with Gasteiger partial charge in [-0.15, -0.1) is 0 Å². The molecule has 0 aromatic heterocycles. The number of carbonyl (C=O) groups excluding carboxylic acids is 2. The maximum absolute atomic E-state index is 12.8. The van der Waals surface area contributed by atoms with Crippen molar-refractivity contribution in [3.05, 3.63) is 57.6 Å². The van der Waals surface area contributed by atoms with Crippen LogP contribution in [0.3, 0.4) is 0 Å². The van der Waals surface area contributed by atoms with Crippen LogP contribution >= 0.6 is 0 Å². The summed E-state index contributed by atoms with van der Waals surface area (Å²) >= 11 is 0. The minimum absolute atomic E-state index is 0.0231. The fourth-order valence-electron chi connectivity index (χ4n) is 2.47. The van der Waals surface area contributed by atoms with Crippen molar-refractivity contribution < 1.29 is 50.3 Å². The molecule has 0 unspecified atom stereocenters. The fraction of sp³-hybridized carbons (Fsp3) is 0.263. The van der Waals surface area contributed by atoms with Gasteiger partial charge in [-0.05, 0) is 44.2 Å². The number of sulfone groups is 1. The Labute approximate surface area is 184 Å². The predicted molar refractivity (Wildman–Crippen MR) is 105 cm³/mol. The number of benzene rings is 2. The van der Waals surface area contributed by atoms with E-state index in [1.807, 2.05) is 0 Å². The van der Waals surface area contributed by atoms with Gasteiger partial charge < -0.3 is 14.2 Å². The molecule has 0 saturated carbocycles. The highest BCUT2D eigenvalue weighted by atomic mass is 32.2. The molecule has 0 aliphatic heterocycles. The molecule has 0 aliphatic rings. The molecule has 33 heavy (non-hydrogen) atoms. The van der Waals surface area contributed by atoms with Crippen LogP contribution in [-0.2, 0) is 19.3 Å². The minimum atomic E-state index is -5.87. The first-order valence-electron chi connectivity index (χ1n) is 9.09. The number of alkyl halides is 3. The summed E-state index contributed by atoms with van der Waals surface area (Å²) in [4.78, 5) is 33.1. The van der Waals surface area contributed by atoms with Crippen molar-refractivity contribution in [3.63, 3.8) is 0 Å². The number of rotatable bonds is 8. The Bertz CT molecular complexity index is 1190. The Morgan fingerprint density at radius 3 is 2.12 bits per heavy atom. The van der Waals surface area contributed by atoms with Crippen LogP contribution in [0.15, 0.2) is 41.3 Å². The molecule has 0 N–H and O–H groups in total. The largest absolute Gasteiger partial charge is 0.501 e. The van der Waals surface area contributed by atoms with Crippen LogP contribution in [0.5, 0.6) is 11.5 Å². The molecule has 0 fully saturated rings. The molecule has 14 heteroatoms. The summed E-state index contributed by atoms with van der Waals surface area (Å²) in [5.41, 5.74) is -7.17. The summed E-state index contributed by atoms with van der Waals surface area (Å²) in [5, 5.41) is 11.4. The highest BCUT2D eigenvalue weighted by molar-refractivity contribution is 7.92. The van der Waals surface area contributed by atoms with E-state index in [4.69, 9.17) is 14.2 Å².